The summed E-state index contributed by atoms with van der Waals surface area (Å²) in [4.78, 5) is 29.4. The van der Waals surface area contributed by atoms with Crippen molar-refractivity contribution in [2.24, 2.45) is 0 Å². The normalized spacial score (nSPS) is 17.4. The van der Waals surface area contributed by atoms with Gasteiger partial charge in [-0.2, -0.15) is 0 Å². The number of rotatable bonds is 10. The Hall–Kier alpha value is -2.00. The predicted molar refractivity (Wildman–Crippen MR) is 102 cm³/mol. The van der Waals surface area contributed by atoms with Crippen LogP contribution in [0.2, 0.25) is 0 Å². The van der Waals surface area contributed by atoms with E-state index in [4.69, 9.17) is 9.15 Å². The molecule has 1 N–H and O–H groups in total. The van der Waals surface area contributed by atoms with Gasteiger partial charge < -0.3 is 24.1 Å². The third-order valence-corrected chi connectivity index (χ3v) is 4.54. The van der Waals surface area contributed by atoms with Crippen LogP contribution in [0, 0.1) is 0 Å². The van der Waals surface area contributed by atoms with Gasteiger partial charge in [0.15, 0.2) is 11.5 Å². The van der Waals surface area contributed by atoms with Crippen LogP contribution in [0.3, 0.4) is 0 Å². The Morgan fingerprint density at radius 2 is 1.74 bits per heavy atom. The van der Waals surface area contributed by atoms with Crippen molar-refractivity contribution in [3.05, 3.63) is 40.5 Å². The van der Waals surface area contributed by atoms with E-state index in [-0.39, 0.29) is 23.4 Å². The summed E-state index contributed by atoms with van der Waals surface area (Å²) in [5.74, 6) is -0.0221. The minimum atomic E-state index is -0.430. The van der Waals surface area contributed by atoms with E-state index in [1.165, 1.54) is 12.3 Å². The highest BCUT2D eigenvalue weighted by Gasteiger charge is 2.21. The Morgan fingerprint density at radius 1 is 1.07 bits per heavy atom. The summed E-state index contributed by atoms with van der Waals surface area (Å²) < 4.78 is 10.7. The molecule has 0 aromatic carbocycles. The summed E-state index contributed by atoms with van der Waals surface area (Å²) in [6.07, 6.45) is 4.26. The fourth-order valence-electron chi connectivity index (χ4n) is 2.72. The van der Waals surface area contributed by atoms with Gasteiger partial charge in [-0.05, 0) is 27.2 Å². The van der Waals surface area contributed by atoms with Crippen molar-refractivity contribution in [3.63, 3.8) is 0 Å². The first-order valence-electron chi connectivity index (χ1n) is 9.04. The molecule has 27 heavy (non-hydrogen) atoms. The number of ketones is 1. The van der Waals surface area contributed by atoms with Gasteiger partial charge in [0.05, 0.1) is 19.4 Å². The Morgan fingerprint density at radius 3 is 2.44 bits per heavy atom. The van der Waals surface area contributed by atoms with Crippen LogP contribution in [-0.4, -0.2) is 92.2 Å². The average molecular weight is 379 g/mol. The molecule has 0 fully saturated rings. The first kappa shape index (κ1) is 21.3. The molecule has 8 nitrogen and oxygen atoms in total. The van der Waals surface area contributed by atoms with Gasteiger partial charge in [-0.3, -0.25) is 14.5 Å². The molecular formula is C19H29N3O5. The van der Waals surface area contributed by atoms with Gasteiger partial charge in [-0.1, -0.05) is 6.08 Å². The zero-order valence-corrected chi connectivity index (χ0v) is 16.3. The summed E-state index contributed by atoms with van der Waals surface area (Å²) in [5.41, 5.74) is -0.430. The number of nitrogens with zero attached hydrogens (tertiary/aromatic N) is 3. The van der Waals surface area contributed by atoms with Crippen LogP contribution in [0.5, 0.6) is 5.75 Å². The molecule has 2 rings (SSSR count). The van der Waals surface area contributed by atoms with Gasteiger partial charge in [0.2, 0.25) is 11.2 Å². The van der Waals surface area contributed by atoms with Gasteiger partial charge in [0.1, 0.15) is 6.10 Å². The van der Waals surface area contributed by atoms with Crippen LogP contribution in [0.25, 0.3) is 0 Å². The molecule has 0 spiro atoms. The molecule has 1 aromatic heterocycles. The molecule has 150 valence electrons. The summed E-state index contributed by atoms with van der Waals surface area (Å²) in [6.45, 7) is 4.70. The number of ether oxygens (including phenoxy) is 1. The lowest BCUT2D eigenvalue weighted by Gasteiger charge is -2.27. The Labute approximate surface area is 159 Å². The summed E-state index contributed by atoms with van der Waals surface area (Å²) in [7, 11) is 5.92. The zero-order chi connectivity index (χ0) is 19.8. The molecule has 8 heteroatoms. The monoisotopic (exact) mass is 379 g/mol. The second-order valence-corrected chi connectivity index (χ2v) is 6.99. The van der Waals surface area contributed by atoms with E-state index in [1.807, 2.05) is 26.0 Å². The molecule has 0 aliphatic carbocycles. The largest absolute Gasteiger partial charge is 0.502 e. The Bertz CT molecular complexity index is 703. The number of carbonyl (C=O) groups excluding carboxylic acids is 1. The van der Waals surface area contributed by atoms with Crippen molar-refractivity contribution in [2.75, 3.05) is 60.5 Å². The van der Waals surface area contributed by atoms with Crippen molar-refractivity contribution < 1.29 is 19.1 Å². The Kier molecular flexibility index (Phi) is 8.18. The molecule has 1 aliphatic rings. The standard InChI is InChI=1S/C19H29N3O5/c1-20(7-9-21(2)13-17-15(23)5-4-11-26-17)8-10-22(3)14-18-19(25)16(24)6-12-27-18/h4-6,12,17,25H,7-11,13-14H2,1-3H3. The zero-order valence-electron chi connectivity index (χ0n) is 16.3. The lowest BCUT2D eigenvalue weighted by atomic mass is 10.1. The number of carbonyl (C=O) groups is 1. The SMILES string of the molecule is CN(CCN(C)Cc1occc(=O)c1O)CCN(C)CC1OCC=CC1=O. The smallest absolute Gasteiger partial charge is 0.226 e. The quantitative estimate of drug-likeness (QED) is 0.616. The van der Waals surface area contributed by atoms with Crippen LogP contribution in [0.15, 0.2) is 33.7 Å². The third-order valence-electron chi connectivity index (χ3n) is 4.54. The molecule has 1 aromatic rings. The highest BCUT2D eigenvalue weighted by molar-refractivity contribution is 5.94. The fraction of sp³-hybridized carbons (Fsp3) is 0.579. The molecular weight excluding hydrogens is 350 g/mol. The van der Waals surface area contributed by atoms with Crippen LogP contribution >= 0.6 is 0 Å². The maximum absolute atomic E-state index is 11.7. The summed E-state index contributed by atoms with van der Waals surface area (Å²) >= 11 is 0. The van der Waals surface area contributed by atoms with Crippen molar-refractivity contribution in [1.82, 2.24) is 14.7 Å². The predicted octanol–water partition coefficient (Wildman–Crippen LogP) is 0.165. The molecule has 1 aliphatic heterocycles. The lowest BCUT2D eigenvalue weighted by Crippen LogP contribution is -2.41. The fourth-order valence-corrected chi connectivity index (χ4v) is 2.72. The molecule has 1 unspecified atom stereocenters. The molecule has 1 atom stereocenters. The van der Waals surface area contributed by atoms with Crippen LogP contribution in [0.1, 0.15) is 5.76 Å². The van der Waals surface area contributed by atoms with E-state index in [1.54, 1.807) is 12.2 Å². The first-order chi connectivity index (χ1) is 12.9. The second-order valence-electron chi connectivity index (χ2n) is 6.99. The molecule has 0 radical (unpaired) electrons. The van der Waals surface area contributed by atoms with Crippen LogP contribution < -0.4 is 5.43 Å². The second kappa shape index (κ2) is 10.4. The van der Waals surface area contributed by atoms with Gasteiger partial charge in [0, 0.05) is 38.8 Å². The molecule has 2 heterocycles. The number of aromatic hydroxyl groups is 1. The highest BCUT2D eigenvalue weighted by atomic mass is 16.5. The lowest BCUT2D eigenvalue weighted by molar-refractivity contribution is -0.127. The number of hydrogen-bond donors (Lipinski definition) is 1. The van der Waals surface area contributed by atoms with Crippen molar-refractivity contribution >= 4 is 5.78 Å². The van der Waals surface area contributed by atoms with Gasteiger partial charge in [-0.15, -0.1) is 0 Å². The third kappa shape index (κ3) is 6.91. The summed E-state index contributed by atoms with van der Waals surface area (Å²) in [5, 5.41) is 9.74. The van der Waals surface area contributed by atoms with Gasteiger partial charge >= 0.3 is 0 Å². The highest BCUT2D eigenvalue weighted by Crippen LogP contribution is 2.12. The minimum absolute atomic E-state index is 0.0268. The van der Waals surface area contributed by atoms with E-state index >= 15 is 0 Å². The topological polar surface area (TPSA) is 86.5 Å². The molecule has 0 bridgehead atoms. The minimum Gasteiger partial charge on any atom is -0.502 e. The van der Waals surface area contributed by atoms with Crippen LogP contribution in [-0.2, 0) is 16.1 Å². The maximum atomic E-state index is 11.7. The molecule has 0 amide bonds. The number of likely N-dealkylation sites (N-methyl/N-ethyl adjacent to an activating group) is 3. The van der Waals surface area contributed by atoms with Crippen molar-refractivity contribution in [2.45, 2.75) is 12.6 Å². The first-order valence-corrected chi connectivity index (χ1v) is 9.04. The van der Waals surface area contributed by atoms with E-state index in [2.05, 4.69) is 9.80 Å². The number of hydrogen-bond acceptors (Lipinski definition) is 8. The van der Waals surface area contributed by atoms with Crippen molar-refractivity contribution in [1.29, 1.82) is 0 Å². The van der Waals surface area contributed by atoms with E-state index < -0.39 is 5.43 Å². The van der Waals surface area contributed by atoms with Gasteiger partial charge in [0.25, 0.3) is 0 Å². The van der Waals surface area contributed by atoms with E-state index in [0.717, 1.165) is 26.2 Å². The van der Waals surface area contributed by atoms with E-state index in [9.17, 15) is 14.7 Å². The van der Waals surface area contributed by atoms with Crippen molar-refractivity contribution in [3.8, 4) is 5.75 Å². The summed E-state index contributed by atoms with van der Waals surface area (Å²) in [6, 6.07) is 1.20. The molecule has 0 saturated carbocycles. The molecule has 0 saturated heterocycles. The maximum Gasteiger partial charge on any atom is 0.226 e. The van der Waals surface area contributed by atoms with Gasteiger partial charge in [-0.25, -0.2) is 0 Å². The van der Waals surface area contributed by atoms with Crippen LogP contribution in [0.4, 0.5) is 0 Å². The Balaban J connectivity index is 1.67. The van der Waals surface area contributed by atoms with E-state index in [0.29, 0.717) is 19.7 Å². The average Bonchev–Trinajstić information content (AvgIpc) is 2.64.